The van der Waals surface area contributed by atoms with Crippen LogP contribution in [0.2, 0.25) is 5.15 Å². The number of carbonyl (C=O) groups is 2. The number of imide groups is 1. The number of aromatic nitrogens is 1. The molecular weight excluding hydrogens is 192 g/mol. The minimum atomic E-state index is -0.475. The zero-order valence-electron chi connectivity index (χ0n) is 6.87. The van der Waals surface area contributed by atoms with Crippen molar-refractivity contribution < 1.29 is 9.59 Å². The van der Waals surface area contributed by atoms with E-state index in [-0.39, 0.29) is 5.15 Å². The second-order valence-electron chi connectivity index (χ2n) is 2.38. The molecule has 1 aromatic rings. The lowest BCUT2D eigenvalue weighted by Crippen LogP contribution is -2.27. The van der Waals surface area contributed by atoms with Gasteiger partial charge in [0.25, 0.3) is 5.91 Å². The summed E-state index contributed by atoms with van der Waals surface area (Å²) in [5, 5.41) is 2.34. The predicted octanol–water partition coefficient (Wildman–Crippen LogP) is 1.01. The average molecular weight is 199 g/mol. The van der Waals surface area contributed by atoms with Gasteiger partial charge in [-0.25, -0.2) is 4.98 Å². The Hall–Kier alpha value is -1.42. The third-order valence-electron chi connectivity index (χ3n) is 1.28. The SMILES string of the molecule is CC(=O)NC(=O)c1ccnc(Cl)c1. The van der Waals surface area contributed by atoms with Crippen LogP contribution >= 0.6 is 11.6 Å². The molecule has 1 aromatic heterocycles. The fraction of sp³-hybridized carbons (Fsp3) is 0.125. The number of hydrogen-bond donors (Lipinski definition) is 1. The van der Waals surface area contributed by atoms with Crippen molar-refractivity contribution in [2.24, 2.45) is 0 Å². The molecule has 0 saturated carbocycles. The van der Waals surface area contributed by atoms with Gasteiger partial charge >= 0.3 is 0 Å². The first-order valence-corrected chi connectivity index (χ1v) is 3.91. The van der Waals surface area contributed by atoms with E-state index in [1.54, 1.807) is 0 Å². The van der Waals surface area contributed by atoms with E-state index in [2.05, 4.69) is 10.3 Å². The number of halogens is 1. The number of amides is 2. The van der Waals surface area contributed by atoms with E-state index in [9.17, 15) is 9.59 Å². The van der Waals surface area contributed by atoms with Gasteiger partial charge < -0.3 is 0 Å². The first-order chi connectivity index (χ1) is 6.09. The number of hydrogen-bond acceptors (Lipinski definition) is 3. The number of nitrogens with zero attached hydrogens (tertiary/aromatic N) is 1. The van der Waals surface area contributed by atoms with E-state index in [1.807, 2.05) is 0 Å². The number of carbonyl (C=O) groups excluding carboxylic acids is 2. The summed E-state index contributed by atoms with van der Waals surface area (Å²) < 4.78 is 0. The lowest BCUT2D eigenvalue weighted by Gasteiger charge is -1.99. The van der Waals surface area contributed by atoms with Crippen LogP contribution in [-0.2, 0) is 4.79 Å². The maximum absolute atomic E-state index is 11.2. The van der Waals surface area contributed by atoms with Crippen LogP contribution in [0.1, 0.15) is 17.3 Å². The van der Waals surface area contributed by atoms with E-state index >= 15 is 0 Å². The molecule has 0 spiro atoms. The van der Waals surface area contributed by atoms with Crippen LogP contribution in [0.15, 0.2) is 18.3 Å². The molecule has 1 rings (SSSR count). The lowest BCUT2D eigenvalue weighted by atomic mass is 10.2. The first-order valence-electron chi connectivity index (χ1n) is 3.53. The van der Waals surface area contributed by atoms with Gasteiger partial charge in [0.1, 0.15) is 5.15 Å². The molecule has 0 fully saturated rings. The third kappa shape index (κ3) is 2.83. The normalized spacial score (nSPS) is 9.38. The summed E-state index contributed by atoms with van der Waals surface area (Å²) >= 11 is 5.55. The Morgan fingerprint density at radius 1 is 1.54 bits per heavy atom. The molecule has 0 radical (unpaired) electrons. The number of rotatable bonds is 1. The first kappa shape index (κ1) is 9.67. The summed E-state index contributed by atoms with van der Waals surface area (Å²) in [4.78, 5) is 25.4. The van der Waals surface area contributed by atoms with Gasteiger partial charge in [-0.15, -0.1) is 0 Å². The highest BCUT2D eigenvalue weighted by atomic mass is 35.5. The lowest BCUT2D eigenvalue weighted by molar-refractivity contribution is -0.118. The van der Waals surface area contributed by atoms with Crippen LogP contribution < -0.4 is 5.32 Å². The molecule has 0 bridgehead atoms. The third-order valence-corrected chi connectivity index (χ3v) is 1.49. The summed E-state index contributed by atoms with van der Waals surface area (Å²) in [6.07, 6.45) is 1.40. The fourth-order valence-electron chi connectivity index (χ4n) is 0.776. The minimum Gasteiger partial charge on any atom is -0.293 e. The van der Waals surface area contributed by atoms with Gasteiger partial charge in [0, 0.05) is 18.7 Å². The Morgan fingerprint density at radius 2 is 2.23 bits per heavy atom. The Bertz CT molecular complexity index is 352. The van der Waals surface area contributed by atoms with Crippen molar-refractivity contribution in [3.8, 4) is 0 Å². The van der Waals surface area contributed by atoms with E-state index < -0.39 is 11.8 Å². The van der Waals surface area contributed by atoms with Gasteiger partial charge in [0.05, 0.1) is 0 Å². The van der Waals surface area contributed by atoms with Crippen LogP contribution in [0.3, 0.4) is 0 Å². The Morgan fingerprint density at radius 3 is 2.77 bits per heavy atom. The quantitative estimate of drug-likeness (QED) is 0.686. The highest BCUT2D eigenvalue weighted by Crippen LogP contribution is 2.06. The summed E-state index contributed by atoms with van der Waals surface area (Å²) in [6.45, 7) is 1.26. The van der Waals surface area contributed by atoms with Gasteiger partial charge in [-0.05, 0) is 12.1 Å². The van der Waals surface area contributed by atoms with Crippen molar-refractivity contribution >= 4 is 23.4 Å². The zero-order chi connectivity index (χ0) is 9.84. The molecule has 1 heterocycles. The van der Waals surface area contributed by atoms with E-state index in [0.29, 0.717) is 5.56 Å². The minimum absolute atomic E-state index is 0.219. The molecule has 4 nitrogen and oxygen atoms in total. The monoisotopic (exact) mass is 198 g/mol. The molecular formula is C8H7ClN2O2. The van der Waals surface area contributed by atoms with E-state index in [1.165, 1.54) is 25.3 Å². The molecule has 0 unspecified atom stereocenters. The highest BCUT2D eigenvalue weighted by Gasteiger charge is 2.06. The fourth-order valence-corrected chi connectivity index (χ4v) is 0.950. The molecule has 0 aliphatic carbocycles. The summed E-state index contributed by atoms with van der Waals surface area (Å²) in [7, 11) is 0. The van der Waals surface area contributed by atoms with Crippen LogP contribution in [0, 0.1) is 0 Å². The van der Waals surface area contributed by atoms with Gasteiger partial charge in [0.15, 0.2) is 0 Å². The van der Waals surface area contributed by atoms with Gasteiger partial charge in [-0.1, -0.05) is 11.6 Å². The number of pyridine rings is 1. The van der Waals surface area contributed by atoms with Gasteiger partial charge in [-0.3, -0.25) is 14.9 Å². The second kappa shape index (κ2) is 4.00. The number of nitrogens with one attached hydrogen (secondary N) is 1. The molecule has 1 N–H and O–H groups in total. The summed E-state index contributed by atoms with van der Waals surface area (Å²) in [5.41, 5.74) is 0.315. The van der Waals surface area contributed by atoms with Crippen molar-refractivity contribution in [3.63, 3.8) is 0 Å². The van der Waals surface area contributed by atoms with E-state index in [4.69, 9.17) is 11.6 Å². The Labute approximate surface area is 79.9 Å². The molecule has 0 atom stereocenters. The zero-order valence-corrected chi connectivity index (χ0v) is 7.63. The van der Waals surface area contributed by atoms with Crippen molar-refractivity contribution in [2.45, 2.75) is 6.92 Å². The van der Waals surface area contributed by atoms with Gasteiger partial charge in [-0.2, -0.15) is 0 Å². The maximum Gasteiger partial charge on any atom is 0.257 e. The van der Waals surface area contributed by atoms with Crippen LogP contribution in [-0.4, -0.2) is 16.8 Å². The summed E-state index contributed by atoms with van der Waals surface area (Å²) in [6, 6.07) is 2.87. The highest BCUT2D eigenvalue weighted by molar-refractivity contribution is 6.29. The molecule has 0 aliphatic rings. The van der Waals surface area contributed by atoms with Gasteiger partial charge in [0.2, 0.25) is 5.91 Å². The van der Waals surface area contributed by atoms with Crippen molar-refractivity contribution in [1.82, 2.24) is 10.3 Å². The molecule has 13 heavy (non-hydrogen) atoms. The molecule has 0 saturated heterocycles. The van der Waals surface area contributed by atoms with E-state index in [0.717, 1.165) is 0 Å². The van der Waals surface area contributed by atoms with Crippen LogP contribution in [0.5, 0.6) is 0 Å². The standard InChI is InChI=1S/C8H7ClN2O2/c1-5(12)11-8(13)6-2-3-10-7(9)4-6/h2-4H,1H3,(H,11,12,13). The average Bonchev–Trinajstić information content (AvgIpc) is 2.03. The predicted molar refractivity (Wildman–Crippen MR) is 47.4 cm³/mol. The Kier molecular flexibility index (Phi) is 2.97. The molecule has 0 aromatic carbocycles. The smallest absolute Gasteiger partial charge is 0.257 e. The molecule has 0 aliphatic heterocycles. The van der Waals surface area contributed by atoms with Crippen molar-refractivity contribution in [3.05, 3.63) is 29.0 Å². The summed E-state index contributed by atoms with van der Waals surface area (Å²) in [5.74, 6) is -0.880. The maximum atomic E-state index is 11.2. The van der Waals surface area contributed by atoms with Crippen LogP contribution in [0.4, 0.5) is 0 Å². The second-order valence-corrected chi connectivity index (χ2v) is 2.76. The largest absolute Gasteiger partial charge is 0.293 e. The molecule has 5 heteroatoms. The topological polar surface area (TPSA) is 59.1 Å². The molecule has 68 valence electrons. The van der Waals surface area contributed by atoms with Crippen molar-refractivity contribution in [1.29, 1.82) is 0 Å². The Balaban J connectivity index is 2.83. The van der Waals surface area contributed by atoms with Crippen LogP contribution in [0.25, 0.3) is 0 Å². The van der Waals surface area contributed by atoms with Crippen molar-refractivity contribution in [2.75, 3.05) is 0 Å². The molecule has 2 amide bonds.